The first-order chi connectivity index (χ1) is 11.9. The molecule has 0 bridgehead atoms. The van der Waals surface area contributed by atoms with E-state index in [2.05, 4.69) is 4.99 Å². The molecule has 1 aromatic carbocycles. The Morgan fingerprint density at radius 1 is 1.12 bits per heavy atom. The summed E-state index contributed by atoms with van der Waals surface area (Å²) >= 11 is 0. The molecule has 0 radical (unpaired) electrons. The van der Waals surface area contributed by atoms with Gasteiger partial charge in [0.15, 0.2) is 25.6 Å². The molecule has 1 aliphatic rings. The van der Waals surface area contributed by atoms with Crippen molar-refractivity contribution in [2.24, 2.45) is 22.4 Å². The minimum Gasteiger partial charge on any atom is -0.370 e. The lowest BCUT2D eigenvalue weighted by Crippen LogP contribution is -2.26. The van der Waals surface area contributed by atoms with Crippen molar-refractivity contribution < 1.29 is 21.6 Å². The number of carbonyl (C=O) groups excluding carboxylic acids is 1. The van der Waals surface area contributed by atoms with Gasteiger partial charge in [-0.3, -0.25) is 4.79 Å². The van der Waals surface area contributed by atoms with Crippen LogP contribution in [-0.2, 0) is 19.7 Å². The molecule has 4 N–H and O–H groups in total. The molecule has 1 fully saturated rings. The van der Waals surface area contributed by atoms with Crippen molar-refractivity contribution in [1.29, 1.82) is 0 Å². The van der Waals surface area contributed by atoms with E-state index in [1.165, 1.54) is 13.0 Å². The molecule has 1 aliphatic carbocycles. The van der Waals surface area contributed by atoms with Crippen molar-refractivity contribution in [3.8, 4) is 0 Å². The highest BCUT2D eigenvalue weighted by atomic mass is 32.2. The van der Waals surface area contributed by atoms with Gasteiger partial charge >= 0.3 is 0 Å². The number of aliphatic imine (C=N–C) groups is 1. The predicted molar refractivity (Wildman–Crippen MR) is 98.4 cm³/mol. The molecule has 144 valence electrons. The molecule has 0 heterocycles. The van der Waals surface area contributed by atoms with Crippen molar-refractivity contribution in [3.63, 3.8) is 0 Å². The number of nitrogens with zero attached hydrogens (tertiary/aromatic N) is 1. The molecule has 0 aromatic heterocycles. The second-order valence-corrected chi connectivity index (χ2v) is 10.8. The fourth-order valence-electron chi connectivity index (χ4n) is 3.32. The number of hydrogen-bond donors (Lipinski definition) is 2. The summed E-state index contributed by atoms with van der Waals surface area (Å²) in [5.74, 6) is -1.35. The third-order valence-electron chi connectivity index (χ3n) is 4.64. The summed E-state index contributed by atoms with van der Waals surface area (Å²) in [5.41, 5.74) is 10.6. The second-order valence-electron chi connectivity index (χ2n) is 6.72. The summed E-state index contributed by atoms with van der Waals surface area (Å²) in [6, 6.07) is 2.28. The Bertz CT molecular complexity index is 977. The molecule has 10 heteroatoms. The number of aryl methyl sites for hydroxylation is 1. The van der Waals surface area contributed by atoms with E-state index >= 15 is 0 Å². The van der Waals surface area contributed by atoms with E-state index < -0.39 is 41.7 Å². The first-order valence-corrected chi connectivity index (χ1v) is 11.5. The van der Waals surface area contributed by atoms with Crippen LogP contribution in [0.2, 0.25) is 0 Å². The van der Waals surface area contributed by atoms with Gasteiger partial charge in [0.2, 0.25) is 0 Å². The molecule has 1 amide bonds. The number of rotatable bonds is 4. The third-order valence-corrected chi connectivity index (χ3v) is 8.35. The number of nitrogens with two attached hydrogens (primary N) is 2. The van der Waals surface area contributed by atoms with Crippen molar-refractivity contribution in [1.82, 2.24) is 0 Å². The molecule has 1 saturated carbocycles. The molecule has 2 atom stereocenters. The number of sulfone groups is 2. The van der Waals surface area contributed by atoms with Crippen LogP contribution >= 0.6 is 0 Å². The molecule has 0 aliphatic heterocycles. The Morgan fingerprint density at radius 3 is 2.19 bits per heavy atom. The Kier molecular flexibility index (Phi) is 5.48. The Labute approximate surface area is 153 Å². The van der Waals surface area contributed by atoms with Gasteiger partial charge in [0.05, 0.1) is 15.0 Å². The smallest absolute Gasteiger partial charge is 0.280 e. The van der Waals surface area contributed by atoms with Gasteiger partial charge in [-0.2, -0.15) is 4.99 Å². The number of amides is 1. The summed E-state index contributed by atoms with van der Waals surface area (Å²) in [7, 11) is -7.77. The van der Waals surface area contributed by atoms with E-state index in [4.69, 9.17) is 11.5 Å². The summed E-state index contributed by atoms with van der Waals surface area (Å²) in [6.07, 6.45) is 2.95. The molecule has 0 saturated heterocycles. The lowest BCUT2D eigenvalue weighted by Gasteiger charge is -2.19. The van der Waals surface area contributed by atoms with Crippen LogP contribution in [0.5, 0.6) is 0 Å². The normalized spacial score (nSPS) is 20.7. The van der Waals surface area contributed by atoms with Crippen LogP contribution in [0.3, 0.4) is 0 Å². The monoisotopic (exact) mass is 401 g/mol. The Morgan fingerprint density at radius 2 is 1.73 bits per heavy atom. The molecular weight excluding hydrogens is 378 g/mol. The van der Waals surface area contributed by atoms with Gasteiger partial charge in [0.1, 0.15) is 0 Å². The van der Waals surface area contributed by atoms with Crippen molar-refractivity contribution in [2.75, 3.05) is 6.26 Å². The van der Waals surface area contributed by atoms with E-state index in [0.29, 0.717) is 6.42 Å². The molecule has 1 aromatic rings. The lowest BCUT2D eigenvalue weighted by molar-refractivity contribution is 0.100. The predicted octanol–water partition coefficient (Wildman–Crippen LogP) is 0.774. The lowest BCUT2D eigenvalue weighted by atomic mass is 10.1. The molecule has 2 rings (SSSR count). The van der Waals surface area contributed by atoms with Crippen LogP contribution in [0.4, 0.5) is 0 Å². The summed E-state index contributed by atoms with van der Waals surface area (Å²) in [5, 5.41) is -0.637. The van der Waals surface area contributed by atoms with Crippen molar-refractivity contribution >= 4 is 31.5 Å². The van der Waals surface area contributed by atoms with E-state index in [9.17, 15) is 21.6 Å². The van der Waals surface area contributed by atoms with E-state index in [0.717, 1.165) is 25.2 Å². The number of hydrogen-bond acceptors (Lipinski definition) is 5. The highest BCUT2D eigenvalue weighted by Crippen LogP contribution is 2.37. The molecule has 0 spiro atoms. The highest BCUT2D eigenvalue weighted by Gasteiger charge is 2.38. The van der Waals surface area contributed by atoms with Gasteiger partial charge < -0.3 is 11.5 Å². The zero-order valence-corrected chi connectivity index (χ0v) is 16.5. The molecule has 26 heavy (non-hydrogen) atoms. The quantitative estimate of drug-likeness (QED) is 0.559. The SMILES string of the molecule is Cc1cc(S(=O)(=O)C2CCCC2C)c(S(C)(=O)=O)cc1C(=O)N=C(N)N. The molecule has 2 unspecified atom stereocenters. The number of benzene rings is 1. The average molecular weight is 402 g/mol. The largest absolute Gasteiger partial charge is 0.370 e. The zero-order chi connectivity index (χ0) is 19.9. The van der Waals surface area contributed by atoms with Crippen molar-refractivity contribution in [2.45, 2.75) is 48.2 Å². The molecule has 8 nitrogen and oxygen atoms in total. The van der Waals surface area contributed by atoms with Crippen LogP contribution in [0, 0.1) is 12.8 Å². The van der Waals surface area contributed by atoms with Gasteiger partial charge in [-0.05, 0) is 43.4 Å². The minimum atomic E-state index is -3.91. The van der Waals surface area contributed by atoms with E-state index in [-0.39, 0.29) is 21.9 Å². The summed E-state index contributed by atoms with van der Waals surface area (Å²) < 4.78 is 50.7. The maximum absolute atomic E-state index is 13.1. The van der Waals surface area contributed by atoms with Gasteiger partial charge in [0.25, 0.3) is 5.91 Å². The van der Waals surface area contributed by atoms with Crippen LogP contribution in [0.15, 0.2) is 26.9 Å². The van der Waals surface area contributed by atoms with E-state index in [1.54, 1.807) is 0 Å². The fourth-order valence-corrected chi connectivity index (χ4v) is 7.11. The number of carbonyl (C=O) groups is 1. The maximum atomic E-state index is 13.1. The molecular formula is C16H23N3O5S2. The first kappa shape index (κ1) is 20.4. The fraction of sp³-hybridized carbons (Fsp3) is 0.500. The standard InChI is InChI=1S/C16H23N3O5S2/c1-9-5-4-6-12(9)26(23,24)14-7-10(2)11(15(20)19-16(17)18)8-13(14)25(3,21)22/h7-9,12H,4-6H2,1-3H3,(H4,17,18,19,20). The van der Waals surface area contributed by atoms with Crippen LogP contribution in [0.1, 0.15) is 42.1 Å². The van der Waals surface area contributed by atoms with Crippen LogP contribution in [0.25, 0.3) is 0 Å². The van der Waals surface area contributed by atoms with Gasteiger partial charge in [0, 0.05) is 11.8 Å². The van der Waals surface area contributed by atoms with Crippen LogP contribution in [-0.4, -0.2) is 40.2 Å². The summed E-state index contributed by atoms with van der Waals surface area (Å²) in [6.45, 7) is 3.36. The maximum Gasteiger partial charge on any atom is 0.280 e. The third kappa shape index (κ3) is 3.90. The second kappa shape index (κ2) is 6.99. The highest BCUT2D eigenvalue weighted by molar-refractivity contribution is 7.94. The number of guanidine groups is 1. The van der Waals surface area contributed by atoms with Crippen LogP contribution < -0.4 is 11.5 Å². The van der Waals surface area contributed by atoms with Gasteiger partial charge in [-0.25, -0.2) is 16.8 Å². The first-order valence-electron chi connectivity index (χ1n) is 8.08. The zero-order valence-electron chi connectivity index (χ0n) is 14.9. The van der Waals surface area contributed by atoms with Gasteiger partial charge in [-0.1, -0.05) is 13.3 Å². The topological polar surface area (TPSA) is 150 Å². The average Bonchev–Trinajstić information content (AvgIpc) is 2.91. The van der Waals surface area contributed by atoms with Crippen molar-refractivity contribution in [3.05, 3.63) is 23.3 Å². The minimum absolute atomic E-state index is 0.0581. The summed E-state index contributed by atoms with van der Waals surface area (Å²) in [4.78, 5) is 14.9. The van der Waals surface area contributed by atoms with E-state index in [1.807, 2.05) is 6.92 Å². The van der Waals surface area contributed by atoms with Gasteiger partial charge in [-0.15, -0.1) is 0 Å². The Balaban J connectivity index is 2.73. The Hall–Kier alpha value is -1.94.